The molecule has 1 aromatic heterocycles. The van der Waals surface area contributed by atoms with Crippen molar-refractivity contribution < 1.29 is 9.53 Å². The Morgan fingerprint density at radius 1 is 1.20 bits per heavy atom. The average Bonchev–Trinajstić information content (AvgIpc) is 2.65. The van der Waals surface area contributed by atoms with Crippen LogP contribution in [0.5, 0.6) is 5.75 Å². The highest BCUT2D eigenvalue weighted by atomic mass is 16.5. The van der Waals surface area contributed by atoms with E-state index in [9.17, 15) is 9.59 Å². The molecule has 1 atom stereocenters. The maximum atomic E-state index is 12.7. The highest BCUT2D eigenvalue weighted by molar-refractivity contribution is 5.94. The summed E-state index contributed by atoms with van der Waals surface area (Å²) < 4.78 is 6.49. The number of fused-ring (bicyclic) bond motifs is 1. The molecule has 1 N–H and O–H groups in total. The first kappa shape index (κ1) is 16.7. The number of amides is 1. The summed E-state index contributed by atoms with van der Waals surface area (Å²) in [5.74, 6) is 0.451. The van der Waals surface area contributed by atoms with Gasteiger partial charge in [0.25, 0.3) is 5.56 Å². The highest BCUT2D eigenvalue weighted by Crippen LogP contribution is 2.18. The lowest BCUT2D eigenvalue weighted by Gasteiger charge is -2.18. The second-order valence-corrected chi connectivity index (χ2v) is 5.62. The normalized spacial score (nSPS) is 11.9. The largest absolute Gasteiger partial charge is 0.497 e. The van der Waals surface area contributed by atoms with Crippen LogP contribution in [-0.4, -0.2) is 22.6 Å². The van der Waals surface area contributed by atoms with E-state index in [4.69, 9.17) is 4.74 Å². The molecule has 0 saturated carbocycles. The Labute approximate surface area is 145 Å². The Bertz CT molecular complexity index is 948. The first-order valence-electron chi connectivity index (χ1n) is 8.05. The van der Waals surface area contributed by atoms with Gasteiger partial charge in [-0.05, 0) is 42.8 Å². The van der Waals surface area contributed by atoms with Crippen LogP contribution in [0.3, 0.4) is 0 Å². The number of ether oxygens (including phenoxy) is 1. The summed E-state index contributed by atoms with van der Waals surface area (Å²) in [5.41, 5.74) is 1.04. The molecule has 3 aromatic rings. The molecule has 0 fully saturated rings. The van der Waals surface area contributed by atoms with Crippen molar-refractivity contribution in [3.05, 3.63) is 65.2 Å². The van der Waals surface area contributed by atoms with Crippen LogP contribution < -0.4 is 15.6 Å². The summed E-state index contributed by atoms with van der Waals surface area (Å²) >= 11 is 0. The summed E-state index contributed by atoms with van der Waals surface area (Å²) in [4.78, 5) is 29.6. The van der Waals surface area contributed by atoms with Gasteiger partial charge in [-0.1, -0.05) is 19.1 Å². The number of hydrogen-bond donors (Lipinski definition) is 1. The van der Waals surface area contributed by atoms with E-state index in [0.717, 1.165) is 0 Å². The summed E-state index contributed by atoms with van der Waals surface area (Å²) in [6.07, 6.45) is 1.91. The number of anilines is 1. The third-order valence-corrected chi connectivity index (χ3v) is 4.07. The van der Waals surface area contributed by atoms with Gasteiger partial charge in [0, 0.05) is 5.69 Å². The van der Waals surface area contributed by atoms with Gasteiger partial charge in [0.15, 0.2) is 0 Å². The van der Waals surface area contributed by atoms with E-state index in [1.807, 2.05) is 13.0 Å². The van der Waals surface area contributed by atoms with Crippen molar-refractivity contribution >= 4 is 22.5 Å². The smallest absolute Gasteiger partial charge is 0.261 e. The number of para-hydroxylation sites is 1. The number of aromatic nitrogens is 2. The van der Waals surface area contributed by atoms with E-state index >= 15 is 0 Å². The number of carbonyl (C=O) groups excluding carboxylic acids is 1. The second kappa shape index (κ2) is 7.17. The lowest BCUT2D eigenvalue weighted by atomic mass is 10.1. The molecule has 0 aliphatic heterocycles. The third kappa shape index (κ3) is 3.38. The molecule has 0 radical (unpaired) electrons. The molecule has 128 valence electrons. The van der Waals surface area contributed by atoms with Gasteiger partial charge in [-0.25, -0.2) is 4.98 Å². The van der Waals surface area contributed by atoms with Gasteiger partial charge in [0.1, 0.15) is 11.8 Å². The molecule has 0 unspecified atom stereocenters. The van der Waals surface area contributed by atoms with E-state index in [2.05, 4.69) is 10.3 Å². The molecule has 2 aromatic carbocycles. The van der Waals surface area contributed by atoms with Crippen molar-refractivity contribution in [1.82, 2.24) is 9.55 Å². The summed E-state index contributed by atoms with van der Waals surface area (Å²) in [6.45, 7) is 1.86. The Morgan fingerprint density at radius 2 is 1.92 bits per heavy atom. The van der Waals surface area contributed by atoms with Gasteiger partial charge in [0.05, 0.1) is 24.3 Å². The first-order chi connectivity index (χ1) is 12.1. The maximum absolute atomic E-state index is 12.7. The predicted molar refractivity (Wildman–Crippen MR) is 97.0 cm³/mol. The second-order valence-electron chi connectivity index (χ2n) is 5.62. The van der Waals surface area contributed by atoms with Crippen molar-refractivity contribution in [3.8, 4) is 5.75 Å². The fraction of sp³-hybridized carbons (Fsp3) is 0.211. The molecule has 6 heteroatoms. The molecular weight excluding hydrogens is 318 g/mol. The molecule has 1 amide bonds. The fourth-order valence-electron chi connectivity index (χ4n) is 2.71. The van der Waals surface area contributed by atoms with Crippen molar-refractivity contribution in [2.45, 2.75) is 19.4 Å². The zero-order chi connectivity index (χ0) is 17.8. The number of hydrogen-bond acceptors (Lipinski definition) is 4. The SMILES string of the molecule is CC[C@H](C(=O)Nc1ccc(OC)cc1)n1cnc2ccccc2c1=O. The predicted octanol–water partition coefficient (Wildman–Crippen LogP) is 2.99. The Hall–Kier alpha value is -3.15. The van der Waals surface area contributed by atoms with E-state index < -0.39 is 6.04 Å². The molecule has 0 saturated heterocycles. The standard InChI is InChI=1S/C19H19N3O3/c1-3-17(18(23)21-13-8-10-14(25-2)11-9-13)22-12-20-16-7-5-4-6-15(16)19(22)24/h4-12,17H,3H2,1-2H3,(H,21,23)/t17-/m1/s1. The van der Waals surface area contributed by atoms with E-state index in [1.54, 1.807) is 49.6 Å². The maximum Gasteiger partial charge on any atom is 0.261 e. The summed E-state index contributed by atoms with van der Waals surface area (Å²) in [7, 11) is 1.58. The molecular formula is C19H19N3O3. The lowest BCUT2D eigenvalue weighted by Crippen LogP contribution is -2.33. The molecule has 0 aliphatic rings. The van der Waals surface area contributed by atoms with Gasteiger partial charge >= 0.3 is 0 Å². The Balaban J connectivity index is 1.89. The third-order valence-electron chi connectivity index (χ3n) is 4.07. The Kier molecular flexibility index (Phi) is 4.79. The van der Waals surface area contributed by atoms with Crippen molar-refractivity contribution in [1.29, 1.82) is 0 Å². The Morgan fingerprint density at radius 3 is 2.60 bits per heavy atom. The van der Waals surface area contributed by atoms with Crippen molar-refractivity contribution in [2.75, 3.05) is 12.4 Å². The van der Waals surface area contributed by atoms with Gasteiger partial charge < -0.3 is 10.1 Å². The van der Waals surface area contributed by atoms with Gasteiger partial charge in [-0.3, -0.25) is 14.2 Å². The minimum absolute atomic E-state index is 0.220. The molecule has 3 rings (SSSR count). The quantitative estimate of drug-likeness (QED) is 0.777. The van der Waals surface area contributed by atoms with Crippen LogP contribution >= 0.6 is 0 Å². The van der Waals surface area contributed by atoms with Crippen LogP contribution in [-0.2, 0) is 4.79 Å². The van der Waals surface area contributed by atoms with Crippen LogP contribution in [0.4, 0.5) is 5.69 Å². The lowest BCUT2D eigenvalue weighted by molar-refractivity contribution is -0.119. The van der Waals surface area contributed by atoms with Gasteiger partial charge in [0.2, 0.25) is 5.91 Å². The number of rotatable bonds is 5. The molecule has 0 aliphatic carbocycles. The number of nitrogens with one attached hydrogen (secondary N) is 1. The number of benzene rings is 2. The first-order valence-corrected chi connectivity index (χ1v) is 8.05. The molecule has 0 spiro atoms. The topological polar surface area (TPSA) is 73.2 Å². The van der Waals surface area contributed by atoms with Crippen molar-refractivity contribution in [2.24, 2.45) is 0 Å². The summed E-state index contributed by atoms with van der Waals surface area (Å²) in [5, 5.41) is 3.34. The molecule has 6 nitrogen and oxygen atoms in total. The van der Waals surface area contributed by atoms with E-state index in [-0.39, 0.29) is 11.5 Å². The minimum Gasteiger partial charge on any atom is -0.497 e. The zero-order valence-corrected chi connectivity index (χ0v) is 14.1. The highest BCUT2D eigenvalue weighted by Gasteiger charge is 2.21. The summed E-state index contributed by atoms with van der Waals surface area (Å²) in [6, 6.07) is 13.5. The fourth-order valence-corrected chi connectivity index (χ4v) is 2.71. The van der Waals surface area contributed by atoms with Crippen LogP contribution in [0.15, 0.2) is 59.7 Å². The van der Waals surface area contributed by atoms with E-state index in [1.165, 1.54) is 10.9 Å². The zero-order valence-electron chi connectivity index (χ0n) is 14.1. The van der Waals surface area contributed by atoms with Gasteiger partial charge in [-0.15, -0.1) is 0 Å². The van der Waals surface area contributed by atoms with E-state index in [0.29, 0.717) is 28.8 Å². The molecule has 25 heavy (non-hydrogen) atoms. The average molecular weight is 337 g/mol. The number of carbonyl (C=O) groups is 1. The van der Waals surface area contributed by atoms with Crippen LogP contribution in [0.1, 0.15) is 19.4 Å². The van der Waals surface area contributed by atoms with Crippen molar-refractivity contribution in [3.63, 3.8) is 0 Å². The van der Waals surface area contributed by atoms with Crippen LogP contribution in [0, 0.1) is 0 Å². The molecule has 1 heterocycles. The van der Waals surface area contributed by atoms with Crippen LogP contribution in [0.25, 0.3) is 10.9 Å². The number of nitrogens with zero attached hydrogens (tertiary/aromatic N) is 2. The van der Waals surface area contributed by atoms with Gasteiger partial charge in [-0.2, -0.15) is 0 Å². The molecule has 0 bridgehead atoms. The number of methoxy groups -OCH3 is 1. The minimum atomic E-state index is -0.633. The van der Waals surface area contributed by atoms with Crippen LogP contribution in [0.2, 0.25) is 0 Å². The monoisotopic (exact) mass is 337 g/mol.